The fourth-order valence-electron chi connectivity index (χ4n) is 2.35. The fraction of sp³-hybridized carbons (Fsp3) is 0.176. The molecule has 1 atom stereocenters. The number of hydrogen-bond acceptors (Lipinski definition) is 4. The standard InChI is InChI=1S/C17H15NOS3/c1-11-8-9-21-14(11)10-15-16(19)18(17(20)22-15)12(2)13-6-4-3-5-7-13/h3-10,12H,1-2H3/b15-10-/t12-/m0/s1. The lowest BCUT2D eigenvalue weighted by Gasteiger charge is -2.23. The Morgan fingerprint density at radius 3 is 2.59 bits per heavy atom. The number of thiocarbonyl (C=S) groups is 1. The quantitative estimate of drug-likeness (QED) is 0.575. The molecule has 1 aromatic carbocycles. The Morgan fingerprint density at radius 1 is 1.23 bits per heavy atom. The summed E-state index contributed by atoms with van der Waals surface area (Å²) in [6.07, 6.45) is 1.96. The van der Waals surface area contributed by atoms with Crippen LogP contribution in [0.4, 0.5) is 0 Å². The molecule has 0 unspecified atom stereocenters. The SMILES string of the molecule is Cc1ccsc1/C=C1\SC(=S)N([C@@H](C)c2ccccc2)C1=O. The lowest BCUT2D eigenvalue weighted by molar-refractivity contribution is -0.123. The van der Waals surface area contributed by atoms with Crippen LogP contribution in [-0.4, -0.2) is 15.1 Å². The predicted octanol–water partition coefficient (Wildman–Crippen LogP) is 5.02. The smallest absolute Gasteiger partial charge is 0.266 e. The summed E-state index contributed by atoms with van der Waals surface area (Å²) >= 11 is 8.46. The molecule has 5 heteroatoms. The third kappa shape index (κ3) is 2.89. The average Bonchev–Trinajstić information content (AvgIpc) is 3.04. The van der Waals surface area contributed by atoms with Crippen molar-refractivity contribution in [2.75, 3.05) is 0 Å². The van der Waals surface area contributed by atoms with Crippen LogP contribution in [-0.2, 0) is 4.79 Å². The van der Waals surface area contributed by atoms with E-state index in [1.54, 1.807) is 16.2 Å². The van der Waals surface area contributed by atoms with Crippen molar-refractivity contribution in [3.05, 3.63) is 62.7 Å². The van der Waals surface area contributed by atoms with E-state index in [9.17, 15) is 4.79 Å². The summed E-state index contributed by atoms with van der Waals surface area (Å²) in [4.78, 5) is 16.3. The maximum atomic E-state index is 12.7. The minimum Gasteiger partial charge on any atom is -0.286 e. The number of aryl methyl sites for hydroxylation is 1. The predicted molar refractivity (Wildman–Crippen MR) is 98.9 cm³/mol. The van der Waals surface area contributed by atoms with Crippen molar-refractivity contribution in [3.8, 4) is 0 Å². The van der Waals surface area contributed by atoms with Gasteiger partial charge < -0.3 is 0 Å². The molecule has 0 N–H and O–H groups in total. The van der Waals surface area contributed by atoms with Crippen molar-refractivity contribution in [1.82, 2.24) is 4.90 Å². The number of benzene rings is 1. The van der Waals surface area contributed by atoms with E-state index in [0.717, 1.165) is 10.4 Å². The van der Waals surface area contributed by atoms with Gasteiger partial charge in [0.1, 0.15) is 4.32 Å². The molecule has 1 aromatic heterocycles. The average molecular weight is 346 g/mol. The van der Waals surface area contributed by atoms with Crippen LogP contribution in [0.3, 0.4) is 0 Å². The zero-order chi connectivity index (χ0) is 15.7. The third-order valence-electron chi connectivity index (χ3n) is 3.66. The molecule has 22 heavy (non-hydrogen) atoms. The van der Waals surface area contributed by atoms with Crippen molar-refractivity contribution in [3.63, 3.8) is 0 Å². The van der Waals surface area contributed by atoms with Crippen molar-refractivity contribution < 1.29 is 4.79 Å². The first kappa shape index (κ1) is 15.5. The van der Waals surface area contributed by atoms with Crippen LogP contribution < -0.4 is 0 Å². The number of carbonyl (C=O) groups excluding carboxylic acids is 1. The van der Waals surface area contributed by atoms with Gasteiger partial charge in [0.2, 0.25) is 0 Å². The second-order valence-corrected chi connectivity index (χ2v) is 7.73. The van der Waals surface area contributed by atoms with Crippen molar-refractivity contribution >= 4 is 51.6 Å². The molecule has 1 amide bonds. The van der Waals surface area contributed by atoms with Crippen LogP contribution >= 0.6 is 35.3 Å². The highest BCUT2D eigenvalue weighted by Gasteiger charge is 2.35. The van der Waals surface area contributed by atoms with Gasteiger partial charge in [0.15, 0.2) is 0 Å². The number of thioether (sulfide) groups is 1. The highest BCUT2D eigenvalue weighted by molar-refractivity contribution is 8.26. The number of amides is 1. The summed E-state index contributed by atoms with van der Waals surface area (Å²) in [5.74, 6) is -0.000784. The Labute approximate surface area is 143 Å². The summed E-state index contributed by atoms with van der Waals surface area (Å²) in [6.45, 7) is 4.06. The number of thiophene rings is 1. The summed E-state index contributed by atoms with van der Waals surface area (Å²) in [5.41, 5.74) is 2.28. The normalized spacial score (nSPS) is 18.3. The van der Waals surface area contributed by atoms with Gasteiger partial charge in [-0.25, -0.2) is 0 Å². The molecule has 2 heterocycles. The van der Waals surface area contributed by atoms with Gasteiger partial charge in [-0.2, -0.15) is 0 Å². The number of rotatable bonds is 3. The molecule has 0 aliphatic carbocycles. The van der Waals surface area contributed by atoms with Crippen LogP contribution in [0.15, 0.2) is 46.7 Å². The van der Waals surface area contributed by atoms with Crippen LogP contribution in [0.1, 0.15) is 29.0 Å². The molecule has 2 aromatic rings. The van der Waals surface area contributed by atoms with Gasteiger partial charge in [-0.05, 0) is 42.5 Å². The van der Waals surface area contributed by atoms with Gasteiger partial charge >= 0.3 is 0 Å². The van der Waals surface area contributed by atoms with Crippen LogP contribution in [0, 0.1) is 6.92 Å². The Bertz CT molecular complexity index is 748. The lowest BCUT2D eigenvalue weighted by atomic mass is 10.1. The molecule has 0 spiro atoms. The van der Waals surface area contributed by atoms with Crippen LogP contribution in [0.25, 0.3) is 6.08 Å². The minimum absolute atomic E-state index is 0.000784. The lowest BCUT2D eigenvalue weighted by Crippen LogP contribution is -2.30. The largest absolute Gasteiger partial charge is 0.286 e. The second kappa shape index (κ2) is 6.36. The Kier molecular flexibility index (Phi) is 4.47. The molecule has 3 rings (SSSR count). The highest BCUT2D eigenvalue weighted by Crippen LogP contribution is 2.38. The Balaban J connectivity index is 1.89. The monoisotopic (exact) mass is 345 g/mol. The van der Waals surface area contributed by atoms with E-state index in [-0.39, 0.29) is 11.9 Å². The molecule has 0 saturated carbocycles. The van der Waals surface area contributed by atoms with E-state index in [0.29, 0.717) is 9.23 Å². The van der Waals surface area contributed by atoms with E-state index in [1.165, 1.54) is 17.3 Å². The maximum Gasteiger partial charge on any atom is 0.266 e. The van der Waals surface area contributed by atoms with Crippen LogP contribution in [0.5, 0.6) is 0 Å². The van der Waals surface area contributed by atoms with Gasteiger partial charge in [0, 0.05) is 4.88 Å². The zero-order valence-corrected chi connectivity index (χ0v) is 14.7. The minimum atomic E-state index is -0.0518. The van der Waals surface area contributed by atoms with E-state index in [1.807, 2.05) is 48.7 Å². The topological polar surface area (TPSA) is 20.3 Å². The first-order chi connectivity index (χ1) is 10.6. The molecule has 112 valence electrons. The highest BCUT2D eigenvalue weighted by atomic mass is 32.2. The molecule has 2 nitrogen and oxygen atoms in total. The van der Waals surface area contributed by atoms with Crippen molar-refractivity contribution in [2.24, 2.45) is 0 Å². The van der Waals surface area contributed by atoms with Gasteiger partial charge in [-0.1, -0.05) is 54.3 Å². The molecular weight excluding hydrogens is 330 g/mol. The van der Waals surface area contributed by atoms with E-state index in [4.69, 9.17) is 12.2 Å². The van der Waals surface area contributed by atoms with E-state index in [2.05, 4.69) is 13.0 Å². The van der Waals surface area contributed by atoms with Gasteiger partial charge in [0.25, 0.3) is 5.91 Å². The fourth-order valence-corrected chi connectivity index (χ4v) is 4.68. The molecule has 0 bridgehead atoms. The molecule has 1 aliphatic rings. The summed E-state index contributed by atoms with van der Waals surface area (Å²) in [6, 6.07) is 12.0. The maximum absolute atomic E-state index is 12.7. The summed E-state index contributed by atoms with van der Waals surface area (Å²) in [5, 5.41) is 2.04. The molecule has 1 fully saturated rings. The van der Waals surface area contributed by atoms with Crippen molar-refractivity contribution in [2.45, 2.75) is 19.9 Å². The third-order valence-corrected chi connectivity index (χ3v) is 5.95. The van der Waals surface area contributed by atoms with Gasteiger partial charge in [-0.3, -0.25) is 9.69 Å². The summed E-state index contributed by atoms with van der Waals surface area (Å²) in [7, 11) is 0. The molecular formula is C17H15NOS3. The number of hydrogen-bond donors (Lipinski definition) is 0. The molecule has 0 radical (unpaired) electrons. The Hall–Kier alpha value is -1.43. The Morgan fingerprint density at radius 2 is 1.95 bits per heavy atom. The van der Waals surface area contributed by atoms with Gasteiger partial charge in [-0.15, -0.1) is 11.3 Å². The van der Waals surface area contributed by atoms with Crippen LogP contribution in [0.2, 0.25) is 0 Å². The first-order valence-electron chi connectivity index (χ1n) is 6.94. The molecule has 1 aliphatic heterocycles. The van der Waals surface area contributed by atoms with E-state index < -0.39 is 0 Å². The molecule has 1 saturated heterocycles. The first-order valence-corrected chi connectivity index (χ1v) is 9.04. The van der Waals surface area contributed by atoms with Gasteiger partial charge in [0.05, 0.1) is 10.9 Å². The van der Waals surface area contributed by atoms with Crippen molar-refractivity contribution in [1.29, 1.82) is 0 Å². The number of carbonyl (C=O) groups is 1. The zero-order valence-electron chi connectivity index (χ0n) is 12.3. The summed E-state index contributed by atoms with van der Waals surface area (Å²) < 4.78 is 0.627. The van der Waals surface area contributed by atoms with E-state index >= 15 is 0 Å². The number of nitrogens with zero attached hydrogens (tertiary/aromatic N) is 1. The second-order valence-electron chi connectivity index (χ2n) is 5.11.